The molecule has 15 heavy (non-hydrogen) atoms. The second kappa shape index (κ2) is 3.46. The Morgan fingerprint density at radius 3 is 2.07 bits per heavy atom. The molecule has 0 N–H and O–H groups in total. The molecule has 0 amide bonds. The minimum Gasteiger partial charge on any atom is -0.245 e. The van der Waals surface area contributed by atoms with Crippen molar-refractivity contribution >= 4 is 0 Å². The van der Waals surface area contributed by atoms with Crippen LogP contribution in [0.5, 0.6) is 0 Å². The Morgan fingerprint density at radius 1 is 1.13 bits per heavy atom. The normalized spacial score (nSPS) is 12.3. The number of hydrogen-bond donors (Lipinski definition) is 0. The highest BCUT2D eigenvalue weighted by atomic mass is 19.4. The zero-order chi connectivity index (χ0) is 11.7. The number of nitriles is 1. The molecule has 0 aliphatic rings. The maximum atomic E-state index is 12.7. The molecular formula is C8H3F5N2. The van der Waals surface area contributed by atoms with E-state index >= 15 is 0 Å². The SMILES string of the molecule is N#Cc1ccc(C(F)(F)C(F)(F)F)cn1. The molecule has 0 aromatic carbocycles. The van der Waals surface area contributed by atoms with Gasteiger partial charge in [0.1, 0.15) is 11.8 Å². The van der Waals surface area contributed by atoms with E-state index in [4.69, 9.17) is 5.26 Å². The van der Waals surface area contributed by atoms with Crippen LogP contribution in [0, 0.1) is 11.3 Å². The smallest absolute Gasteiger partial charge is 0.245 e. The Morgan fingerprint density at radius 2 is 1.73 bits per heavy atom. The van der Waals surface area contributed by atoms with Gasteiger partial charge in [-0.25, -0.2) is 4.98 Å². The first-order chi connectivity index (χ1) is 6.79. The summed E-state index contributed by atoms with van der Waals surface area (Å²) in [4.78, 5) is 3.14. The summed E-state index contributed by atoms with van der Waals surface area (Å²) in [5, 5.41) is 8.27. The maximum Gasteiger partial charge on any atom is 0.458 e. The zero-order valence-corrected chi connectivity index (χ0v) is 7.02. The summed E-state index contributed by atoms with van der Waals surface area (Å²) in [6.45, 7) is 0. The molecule has 0 saturated heterocycles. The first kappa shape index (κ1) is 11.4. The fourth-order valence-electron chi connectivity index (χ4n) is 0.809. The number of alkyl halides is 5. The van der Waals surface area contributed by atoms with Gasteiger partial charge in [-0.3, -0.25) is 0 Å². The average Bonchev–Trinajstić information content (AvgIpc) is 2.16. The quantitative estimate of drug-likeness (QED) is 0.685. The van der Waals surface area contributed by atoms with Gasteiger partial charge in [0.2, 0.25) is 0 Å². The van der Waals surface area contributed by atoms with Gasteiger partial charge in [-0.1, -0.05) is 0 Å². The molecule has 0 aliphatic carbocycles. The van der Waals surface area contributed by atoms with E-state index in [1.165, 1.54) is 6.07 Å². The second-order valence-electron chi connectivity index (χ2n) is 2.62. The van der Waals surface area contributed by atoms with Gasteiger partial charge in [0.05, 0.1) is 0 Å². The highest BCUT2D eigenvalue weighted by Crippen LogP contribution is 2.43. The largest absolute Gasteiger partial charge is 0.458 e. The lowest BCUT2D eigenvalue weighted by Crippen LogP contribution is -2.33. The summed E-state index contributed by atoms with van der Waals surface area (Å²) in [6.07, 6.45) is -5.32. The Kier molecular flexibility index (Phi) is 2.62. The van der Waals surface area contributed by atoms with Gasteiger partial charge in [-0.15, -0.1) is 0 Å². The molecule has 1 rings (SSSR count). The van der Waals surface area contributed by atoms with Crippen molar-refractivity contribution in [2.45, 2.75) is 12.1 Å². The predicted octanol–water partition coefficient (Wildman–Crippen LogP) is 2.61. The van der Waals surface area contributed by atoms with Crippen LogP contribution in [0.2, 0.25) is 0 Å². The summed E-state index contributed by atoms with van der Waals surface area (Å²) in [6, 6.07) is 2.83. The third kappa shape index (κ3) is 2.03. The third-order valence-electron chi connectivity index (χ3n) is 1.60. The summed E-state index contributed by atoms with van der Waals surface area (Å²) in [7, 11) is 0. The van der Waals surface area contributed by atoms with Crippen LogP contribution in [0.4, 0.5) is 22.0 Å². The van der Waals surface area contributed by atoms with Crippen LogP contribution in [0.25, 0.3) is 0 Å². The van der Waals surface area contributed by atoms with Crippen LogP contribution in [0.15, 0.2) is 18.3 Å². The number of hydrogen-bond acceptors (Lipinski definition) is 2. The van der Waals surface area contributed by atoms with Gasteiger partial charge in [-0.05, 0) is 12.1 Å². The molecule has 0 saturated carbocycles. The third-order valence-corrected chi connectivity index (χ3v) is 1.60. The van der Waals surface area contributed by atoms with E-state index in [1.807, 2.05) is 0 Å². The molecule has 7 heteroatoms. The Bertz CT molecular complexity index is 387. The van der Waals surface area contributed by atoms with E-state index in [1.54, 1.807) is 0 Å². The Labute approximate surface area is 81.0 Å². The van der Waals surface area contributed by atoms with Crippen molar-refractivity contribution in [3.05, 3.63) is 29.6 Å². The summed E-state index contributed by atoms with van der Waals surface area (Å²) in [5.74, 6) is -4.95. The summed E-state index contributed by atoms with van der Waals surface area (Å²) >= 11 is 0. The van der Waals surface area contributed by atoms with Crippen LogP contribution in [-0.4, -0.2) is 11.2 Å². The fourth-order valence-corrected chi connectivity index (χ4v) is 0.809. The maximum absolute atomic E-state index is 12.7. The monoisotopic (exact) mass is 222 g/mol. The Hall–Kier alpha value is -1.71. The van der Waals surface area contributed by atoms with Crippen LogP contribution >= 0.6 is 0 Å². The molecule has 0 atom stereocenters. The molecule has 0 spiro atoms. The number of rotatable bonds is 1. The number of pyridine rings is 1. The van der Waals surface area contributed by atoms with E-state index in [0.29, 0.717) is 12.3 Å². The fraction of sp³-hybridized carbons (Fsp3) is 0.250. The predicted molar refractivity (Wildman–Crippen MR) is 38.9 cm³/mol. The molecule has 1 heterocycles. The molecule has 1 aromatic heterocycles. The lowest BCUT2D eigenvalue weighted by atomic mass is 10.1. The molecule has 2 nitrogen and oxygen atoms in total. The molecule has 0 radical (unpaired) electrons. The molecule has 0 unspecified atom stereocenters. The van der Waals surface area contributed by atoms with Crippen LogP contribution in [-0.2, 0) is 5.92 Å². The summed E-state index contributed by atoms with van der Waals surface area (Å²) < 4.78 is 60.9. The molecule has 80 valence electrons. The minimum absolute atomic E-state index is 0.225. The van der Waals surface area contributed by atoms with Gasteiger partial charge >= 0.3 is 12.1 Å². The minimum atomic E-state index is -5.66. The molecule has 0 bridgehead atoms. The van der Waals surface area contributed by atoms with Crippen molar-refractivity contribution in [1.29, 1.82) is 5.26 Å². The van der Waals surface area contributed by atoms with Gasteiger partial charge < -0.3 is 0 Å². The standard InChI is InChI=1S/C8H3F5N2/c9-7(10,8(11,12)13)5-1-2-6(3-14)15-4-5/h1-2,4H. The van der Waals surface area contributed by atoms with Crippen molar-refractivity contribution in [3.8, 4) is 6.07 Å². The van der Waals surface area contributed by atoms with E-state index in [2.05, 4.69) is 4.98 Å². The Balaban J connectivity index is 3.13. The van der Waals surface area contributed by atoms with Crippen LogP contribution in [0.1, 0.15) is 11.3 Å². The molecule has 1 aromatic rings. The van der Waals surface area contributed by atoms with Crippen molar-refractivity contribution in [2.75, 3.05) is 0 Å². The highest BCUT2D eigenvalue weighted by molar-refractivity contribution is 5.26. The first-order valence-corrected chi connectivity index (χ1v) is 3.60. The van der Waals surface area contributed by atoms with Crippen molar-refractivity contribution in [1.82, 2.24) is 4.98 Å². The summed E-state index contributed by atoms with van der Waals surface area (Å²) in [5.41, 5.74) is -1.51. The van der Waals surface area contributed by atoms with E-state index in [-0.39, 0.29) is 5.69 Å². The molecule has 0 fully saturated rings. The zero-order valence-electron chi connectivity index (χ0n) is 7.02. The molecule has 0 aliphatic heterocycles. The van der Waals surface area contributed by atoms with E-state index in [9.17, 15) is 22.0 Å². The second-order valence-corrected chi connectivity index (χ2v) is 2.62. The number of nitrogens with zero attached hydrogens (tertiary/aromatic N) is 2. The molecular weight excluding hydrogens is 219 g/mol. The first-order valence-electron chi connectivity index (χ1n) is 3.60. The van der Waals surface area contributed by atoms with Gasteiger partial charge in [-0.2, -0.15) is 27.2 Å². The lowest BCUT2D eigenvalue weighted by molar-refractivity contribution is -0.289. The van der Waals surface area contributed by atoms with Crippen LogP contribution in [0.3, 0.4) is 0 Å². The van der Waals surface area contributed by atoms with Crippen molar-refractivity contribution in [3.63, 3.8) is 0 Å². The van der Waals surface area contributed by atoms with Gasteiger partial charge in [0, 0.05) is 11.8 Å². The van der Waals surface area contributed by atoms with Crippen LogP contribution < -0.4 is 0 Å². The number of aromatic nitrogens is 1. The van der Waals surface area contributed by atoms with Crippen molar-refractivity contribution in [2.24, 2.45) is 0 Å². The van der Waals surface area contributed by atoms with E-state index in [0.717, 1.165) is 6.07 Å². The number of halogens is 5. The van der Waals surface area contributed by atoms with Gasteiger partial charge in [0.25, 0.3) is 0 Å². The topological polar surface area (TPSA) is 36.7 Å². The average molecular weight is 222 g/mol. The van der Waals surface area contributed by atoms with Crippen molar-refractivity contribution < 1.29 is 22.0 Å². The van der Waals surface area contributed by atoms with E-state index < -0.39 is 17.7 Å². The lowest BCUT2D eigenvalue weighted by Gasteiger charge is -2.19. The van der Waals surface area contributed by atoms with Gasteiger partial charge in [0.15, 0.2) is 0 Å². The highest BCUT2D eigenvalue weighted by Gasteiger charge is 2.58.